The lowest BCUT2D eigenvalue weighted by Gasteiger charge is -2.15. The van der Waals surface area contributed by atoms with Crippen molar-refractivity contribution in [2.24, 2.45) is 0 Å². The number of rotatable bonds is 11. The topological polar surface area (TPSA) is 18.5 Å². The van der Waals surface area contributed by atoms with Gasteiger partial charge in [0, 0.05) is 20.3 Å². The number of hydrogen-bond acceptors (Lipinski definition) is 2. The Hall–Kier alpha value is -0.903. The smallest absolute Gasteiger partial charge is 0.179 e. The Balaban J connectivity index is 2.26. The molecule has 1 unspecified atom stereocenters. The van der Waals surface area contributed by atoms with E-state index >= 15 is 0 Å². The fourth-order valence-corrected chi connectivity index (χ4v) is 4.55. The predicted octanol–water partition coefficient (Wildman–Crippen LogP) is 4.06. The monoisotopic (exact) mass is 292 g/mol. The molecule has 0 N–H and O–H groups in total. The molecule has 0 saturated heterocycles. The minimum atomic E-state index is -1.03. The van der Waals surface area contributed by atoms with E-state index in [1.165, 1.54) is 23.6 Å². The highest BCUT2D eigenvalue weighted by Crippen LogP contribution is 2.10. The number of benzene rings is 1. The first-order chi connectivity index (χ1) is 9.80. The number of aryl methyl sites for hydroxylation is 1. The molecular weight excluding hydrogens is 264 g/mol. The Labute approximate surface area is 125 Å². The predicted molar refractivity (Wildman–Crippen MR) is 89.7 cm³/mol. The Bertz CT molecular complexity index is 379. The van der Waals surface area contributed by atoms with Crippen LogP contribution in [0.25, 0.3) is 6.08 Å². The number of hydrogen-bond donors (Lipinski definition) is 0. The molecule has 0 spiro atoms. The van der Waals surface area contributed by atoms with Gasteiger partial charge in [0.25, 0.3) is 0 Å². The van der Waals surface area contributed by atoms with Crippen LogP contribution in [0.5, 0.6) is 0 Å². The van der Waals surface area contributed by atoms with E-state index in [9.17, 15) is 0 Å². The molecule has 1 aromatic rings. The van der Waals surface area contributed by atoms with Gasteiger partial charge in [-0.3, -0.25) is 0 Å². The third-order valence-electron chi connectivity index (χ3n) is 3.40. The van der Waals surface area contributed by atoms with Crippen molar-refractivity contribution >= 4 is 15.1 Å². The Morgan fingerprint density at radius 3 is 2.80 bits per heavy atom. The highest BCUT2D eigenvalue weighted by molar-refractivity contribution is 6.51. The first-order valence-electron chi connectivity index (χ1n) is 7.62. The Kier molecular flexibility index (Phi) is 9.29. The summed E-state index contributed by atoms with van der Waals surface area (Å²) in [6, 6.07) is 11.0. The first-order valence-corrected chi connectivity index (χ1v) is 9.72. The van der Waals surface area contributed by atoms with Gasteiger partial charge in [0.2, 0.25) is 0 Å². The fourth-order valence-electron chi connectivity index (χ4n) is 2.28. The molecule has 0 radical (unpaired) electrons. The summed E-state index contributed by atoms with van der Waals surface area (Å²) in [5.74, 6) is 0. The normalized spacial score (nSPS) is 12.3. The highest BCUT2D eigenvalue weighted by atomic mass is 28.3. The van der Waals surface area contributed by atoms with Gasteiger partial charge >= 0.3 is 0 Å². The third-order valence-corrected chi connectivity index (χ3v) is 6.21. The minimum absolute atomic E-state index is 0.846. The van der Waals surface area contributed by atoms with Crippen molar-refractivity contribution in [3.8, 4) is 0 Å². The van der Waals surface area contributed by atoms with Crippen molar-refractivity contribution in [3.63, 3.8) is 0 Å². The van der Waals surface area contributed by atoms with Crippen molar-refractivity contribution in [2.75, 3.05) is 20.3 Å². The second-order valence-electron chi connectivity index (χ2n) is 5.12. The molecule has 20 heavy (non-hydrogen) atoms. The van der Waals surface area contributed by atoms with Gasteiger partial charge in [0.05, 0.1) is 0 Å². The fraction of sp³-hybridized carbons (Fsp3) is 0.529. The van der Waals surface area contributed by atoms with Gasteiger partial charge in [-0.25, -0.2) is 0 Å². The standard InChI is InChI=1S/C17H28O2Si/c1-4-13-20(14-12-18-3)19-11-7-10-17-9-6-8-16(5-2)15-17/h5-6,8-9,15,20H,2,4,7,10-14H2,1,3H3. The lowest BCUT2D eigenvalue weighted by Crippen LogP contribution is -2.20. The molecule has 0 aliphatic carbocycles. The van der Waals surface area contributed by atoms with Crippen LogP contribution in [0.3, 0.4) is 0 Å². The zero-order chi connectivity index (χ0) is 14.6. The van der Waals surface area contributed by atoms with Gasteiger partial charge in [-0.1, -0.05) is 50.3 Å². The third kappa shape index (κ3) is 7.03. The van der Waals surface area contributed by atoms with Crippen LogP contribution in [0, 0.1) is 0 Å². The van der Waals surface area contributed by atoms with Crippen molar-refractivity contribution in [1.82, 2.24) is 0 Å². The van der Waals surface area contributed by atoms with E-state index in [0.29, 0.717) is 0 Å². The molecule has 0 amide bonds. The van der Waals surface area contributed by atoms with E-state index in [4.69, 9.17) is 9.16 Å². The second-order valence-corrected chi connectivity index (χ2v) is 7.85. The minimum Gasteiger partial charge on any atom is -0.420 e. The van der Waals surface area contributed by atoms with Crippen LogP contribution in [-0.4, -0.2) is 29.4 Å². The summed E-state index contributed by atoms with van der Waals surface area (Å²) in [5.41, 5.74) is 2.57. The first kappa shape index (κ1) is 17.1. The highest BCUT2D eigenvalue weighted by Gasteiger charge is 2.10. The maximum Gasteiger partial charge on any atom is 0.179 e. The van der Waals surface area contributed by atoms with Crippen molar-refractivity contribution in [2.45, 2.75) is 38.3 Å². The van der Waals surface area contributed by atoms with Crippen LogP contribution in [0.15, 0.2) is 30.8 Å². The van der Waals surface area contributed by atoms with E-state index in [2.05, 4.69) is 37.8 Å². The Morgan fingerprint density at radius 1 is 1.25 bits per heavy atom. The molecule has 0 aromatic heterocycles. The van der Waals surface area contributed by atoms with E-state index in [-0.39, 0.29) is 0 Å². The second kappa shape index (κ2) is 10.8. The average Bonchev–Trinajstić information content (AvgIpc) is 2.49. The van der Waals surface area contributed by atoms with E-state index in [1.807, 2.05) is 6.08 Å². The molecule has 0 aliphatic heterocycles. The number of methoxy groups -OCH3 is 1. The molecule has 1 atom stereocenters. The van der Waals surface area contributed by atoms with E-state index < -0.39 is 9.04 Å². The number of ether oxygens (including phenoxy) is 1. The average molecular weight is 292 g/mol. The lowest BCUT2D eigenvalue weighted by atomic mass is 10.1. The summed E-state index contributed by atoms with van der Waals surface area (Å²) in [7, 11) is 0.734. The lowest BCUT2D eigenvalue weighted by molar-refractivity contribution is 0.208. The van der Waals surface area contributed by atoms with E-state index in [0.717, 1.165) is 32.1 Å². The molecule has 0 aliphatic rings. The van der Waals surface area contributed by atoms with Gasteiger partial charge in [-0.05, 0) is 36.1 Å². The van der Waals surface area contributed by atoms with Crippen molar-refractivity contribution < 1.29 is 9.16 Å². The summed E-state index contributed by atoms with van der Waals surface area (Å²) >= 11 is 0. The molecule has 0 fully saturated rings. The molecule has 1 rings (SSSR count). The van der Waals surface area contributed by atoms with Crippen LogP contribution in [-0.2, 0) is 15.6 Å². The molecule has 3 heteroatoms. The van der Waals surface area contributed by atoms with Crippen LogP contribution in [0.1, 0.15) is 30.9 Å². The summed E-state index contributed by atoms with van der Waals surface area (Å²) in [5, 5.41) is 0. The van der Waals surface area contributed by atoms with Gasteiger partial charge in [0.15, 0.2) is 9.04 Å². The van der Waals surface area contributed by atoms with Crippen LogP contribution >= 0.6 is 0 Å². The van der Waals surface area contributed by atoms with E-state index in [1.54, 1.807) is 7.11 Å². The maximum atomic E-state index is 6.10. The van der Waals surface area contributed by atoms with Crippen LogP contribution < -0.4 is 0 Å². The molecule has 0 heterocycles. The quantitative estimate of drug-likeness (QED) is 0.452. The van der Waals surface area contributed by atoms with Crippen LogP contribution in [0.2, 0.25) is 12.1 Å². The van der Waals surface area contributed by atoms with Gasteiger partial charge in [0.1, 0.15) is 0 Å². The molecule has 1 aromatic carbocycles. The SMILES string of the molecule is C=Cc1cccc(CCCO[SiH](CCC)CCOC)c1. The summed E-state index contributed by atoms with van der Waals surface area (Å²) in [6.45, 7) is 7.78. The Morgan fingerprint density at radius 2 is 2.10 bits per heavy atom. The van der Waals surface area contributed by atoms with Crippen molar-refractivity contribution in [1.29, 1.82) is 0 Å². The molecule has 0 saturated carbocycles. The summed E-state index contributed by atoms with van der Waals surface area (Å²) in [4.78, 5) is 0. The summed E-state index contributed by atoms with van der Waals surface area (Å²) in [6.07, 6.45) is 5.30. The molecule has 2 nitrogen and oxygen atoms in total. The molecule has 0 bridgehead atoms. The zero-order valence-corrected chi connectivity index (χ0v) is 14.1. The van der Waals surface area contributed by atoms with Crippen LogP contribution in [0.4, 0.5) is 0 Å². The molecular formula is C17H28O2Si. The van der Waals surface area contributed by atoms with Gasteiger partial charge < -0.3 is 9.16 Å². The largest absolute Gasteiger partial charge is 0.420 e. The zero-order valence-electron chi connectivity index (χ0n) is 12.9. The van der Waals surface area contributed by atoms with Gasteiger partial charge in [-0.2, -0.15) is 0 Å². The summed E-state index contributed by atoms with van der Waals surface area (Å²) < 4.78 is 11.3. The van der Waals surface area contributed by atoms with Crippen molar-refractivity contribution in [3.05, 3.63) is 42.0 Å². The maximum absolute atomic E-state index is 6.10. The molecule has 112 valence electrons. The van der Waals surface area contributed by atoms with Gasteiger partial charge in [-0.15, -0.1) is 0 Å².